The smallest absolute Gasteiger partial charge is 0.244 e. The zero-order valence-corrected chi connectivity index (χ0v) is 9.64. The van der Waals surface area contributed by atoms with Gasteiger partial charge in [-0.05, 0) is 38.1 Å². The first-order valence-corrected chi connectivity index (χ1v) is 5.30. The van der Waals surface area contributed by atoms with Gasteiger partial charge in [-0.25, -0.2) is 4.39 Å². The summed E-state index contributed by atoms with van der Waals surface area (Å²) in [5, 5.41) is 7.92. The number of halogens is 1. The molecule has 0 unspecified atom stereocenters. The summed E-state index contributed by atoms with van der Waals surface area (Å²) < 4.78 is 18.2. The van der Waals surface area contributed by atoms with Gasteiger partial charge in [-0.3, -0.25) is 0 Å². The summed E-state index contributed by atoms with van der Waals surface area (Å²) in [5.41, 5.74) is 1.26. The topological polar surface area (TPSA) is 47.9 Å². The van der Waals surface area contributed by atoms with Gasteiger partial charge in [0.15, 0.2) is 11.5 Å². The lowest BCUT2D eigenvalue weighted by Gasteiger charge is -2.07. The lowest BCUT2D eigenvalue weighted by molar-refractivity contribution is 0.324. The lowest BCUT2D eigenvalue weighted by atomic mass is 10.1. The van der Waals surface area contributed by atoms with Crippen LogP contribution in [0.5, 0.6) is 5.88 Å². The van der Waals surface area contributed by atoms with Gasteiger partial charge in [0.25, 0.3) is 0 Å². The Morgan fingerprint density at radius 1 is 1.18 bits per heavy atom. The third kappa shape index (κ3) is 2.55. The van der Waals surface area contributed by atoms with Gasteiger partial charge >= 0.3 is 0 Å². The van der Waals surface area contributed by atoms with E-state index in [0.717, 1.165) is 5.56 Å². The molecule has 0 fully saturated rings. The zero-order valence-electron chi connectivity index (χ0n) is 9.64. The van der Waals surface area contributed by atoms with E-state index in [1.807, 2.05) is 6.92 Å². The normalized spacial score (nSPS) is 10.3. The third-order valence-corrected chi connectivity index (χ3v) is 2.16. The van der Waals surface area contributed by atoms with E-state index >= 15 is 0 Å². The Morgan fingerprint density at radius 2 is 1.88 bits per heavy atom. The highest BCUT2D eigenvalue weighted by Gasteiger charge is 2.11. The fourth-order valence-electron chi connectivity index (χ4n) is 1.41. The molecule has 4 nitrogen and oxygen atoms in total. The van der Waals surface area contributed by atoms with Crippen LogP contribution in [0.25, 0.3) is 11.3 Å². The van der Waals surface area contributed by atoms with Crippen LogP contribution in [0.15, 0.2) is 24.3 Å². The highest BCUT2D eigenvalue weighted by molar-refractivity contribution is 5.63. The molecule has 1 aromatic carbocycles. The van der Waals surface area contributed by atoms with E-state index in [4.69, 9.17) is 4.74 Å². The number of rotatable bonds is 3. The Balaban J connectivity index is 2.46. The first-order valence-electron chi connectivity index (χ1n) is 5.30. The van der Waals surface area contributed by atoms with Gasteiger partial charge in [0.1, 0.15) is 5.82 Å². The van der Waals surface area contributed by atoms with Crippen LogP contribution in [-0.4, -0.2) is 21.8 Å². The van der Waals surface area contributed by atoms with Crippen LogP contribution < -0.4 is 4.74 Å². The van der Waals surface area contributed by atoms with Crippen LogP contribution in [-0.2, 0) is 0 Å². The zero-order chi connectivity index (χ0) is 12.3. The minimum atomic E-state index is -0.292. The Hall–Kier alpha value is -2.04. The van der Waals surface area contributed by atoms with Crippen molar-refractivity contribution < 1.29 is 9.13 Å². The number of ether oxygens (including phenoxy) is 1. The molecule has 0 radical (unpaired) electrons. The van der Waals surface area contributed by atoms with Crippen molar-refractivity contribution in [3.63, 3.8) is 0 Å². The molecule has 0 atom stereocenters. The molecule has 0 aliphatic heterocycles. The molecule has 0 aliphatic carbocycles. The van der Waals surface area contributed by atoms with Crippen molar-refractivity contribution in [3.05, 3.63) is 35.9 Å². The van der Waals surface area contributed by atoms with E-state index in [-0.39, 0.29) is 5.82 Å². The summed E-state index contributed by atoms with van der Waals surface area (Å²) in [4.78, 5) is 4.17. The van der Waals surface area contributed by atoms with E-state index < -0.39 is 0 Å². The Morgan fingerprint density at radius 3 is 2.53 bits per heavy atom. The fraction of sp³-hybridized carbons (Fsp3) is 0.250. The highest BCUT2D eigenvalue weighted by atomic mass is 19.1. The molecule has 2 rings (SSSR count). The number of benzene rings is 1. The number of hydrogen-bond donors (Lipinski definition) is 0. The second kappa shape index (κ2) is 4.86. The maximum absolute atomic E-state index is 12.8. The summed E-state index contributed by atoms with van der Waals surface area (Å²) in [7, 11) is 0. The van der Waals surface area contributed by atoms with Crippen molar-refractivity contribution in [2.75, 3.05) is 6.61 Å². The molecule has 0 bridgehead atoms. The molecule has 17 heavy (non-hydrogen) atoms. The first kappa shape index (κ1) is 11.4. The van der Waals surface area contributed by atoms with Crippen LogP contribution in [0.1, 0.15) is 12.7 Å². The SMILES string of the molecule is CCOc1nc(C)nnc1-c1ccc(F)cc1. The van der Waals surface area contributed by atoms with Crippen LogP contribution >= 0.6 is 0 Å². The van der Waals surface area contributed by atoms with Gasteiger partial charge in [-0.1, -0.05) is 0 Å². The molecule has 0 saturated heterocycles. The maximum atomic E-state index is 12.8. The van der Waals surface area contributed by atoms with E-state index in [9.17, 15) is 4.39 Å². The van der Waals surface area contributed by atoms with E-state index in [0.29, 0.717) is 24.0 Å². The van der Waals surface area contributed by atoms with Gasteiger partial charge < -0.3 is 4.74 Å². The number of nitrogens with zero attached hydrogens (tertiary/aromatic N) is 3. The third-order valence-electron chi connectivity index (χ3n) is 2.16. The quantitative estimate of drug-likeness (QED) is 0.816. The first-order chi connectivity index (χ1) is 8.20. The average molecular weight is 233 g/mol. The van der Waals surface area contributed by atoms with Crippen molar-refractivity contribution in [1.82, 2.24) is 15.2 Å². The molecule has 1 aromatic heterocycles. The standard InChI is InChI=1S/C12H12FN3O/c1-3-17-12-11(16-15-8(2)14-12)9-4-6-10(13)7-5-9/h4-7H,3H2,1-2H3. The molecule has 0 amide bonds. The minimum Gasteiger partial charge on any atom is -0.476 e. The molecule has 0 saturated carbocycles. The molecule has 5 heteroatoms. The van der Waals surface area contributed by atoms with Crippen molar-refractivity contribution in [2.45, 2.75) is 13.8 Å². The van der Waals surface area contributed by atoms with Crippen molar-refractivity contribution in [3.8, 4) is 17.1 Å². The fourth-order valence-corrected chi connectivity index (χ4v) is 1.41. The van der Waals surface area contributed by atoms with Crippen LogP contribution in [0.3, 0.4) is 0 Å². The van der Waals surface area contributed by atoms with Crippen LogP contribution in [0, 0.1) is 12.7 Å². The monoisotopic (exact) mass is 233 g/mol. The van der Waals surface area contributed by atoms with Gasteiger partial charge in [0.2, 0.25) is 5.88 Å². The van der Waals surface area contributed by atoms with E-state index in [1.165, 1.54) is 12.1 Å². The summed E-state index contributed by atoms with van der Waals surface area (Å²) in [6.45, 7) is 4.10. The van der Waals surface area contributed by atoms with Crippen LogP contribution in [0.4, 0.5) is 4.39 Å². The predicted molar refractivity (Wildman–Crippen MR) is 61.1 cm³/mol. The van der Waals surface area contributed by atoms with Gasteiger partial charge in [0.05, 0.1) is 6.61 Å². The Bertz CT molecular complexity index is 514. The van der Waals surface area contributed by atoms with Gasteiger partial charge in [-0.15, -0.1) is 10.2 Å². The maximum Gasteiger partial charge on any atom is 0.244 e. The predicted octanol–water partition coefficient (Wildman–Crippen LogP) is 2.38. The highest BCUT2D eigenvalue weighted by Crippen LogP contribution is 2.25. The van der Waals surface area contributed by atoms with Gasteiger partial charge in [0, 0.05) is 5.56 Å². The lowest BCUT2D eigenvalue weighted by Crippen LogP contribution is -2.02. The minimum absolute atomic E-state index is 0.292. The van der Waals surface area contributed by atoms with Crippen molar-refractivity contribution in [2.24, 2.45) is 0 Å². The van der Waals surface area contributed by atoms with Gasteiger partial charge in [-0.2, -0.15) is 4.98 Å². The average Bonchev–Trinajstić information content (AvgIpc) is 2.31. The van der Waals surface area contributed by atoms with Crippen molar-refractivity contribution in [1.29, 1.82) is 0 Å². The molecule has 0 spiro atoms. The van der Waals surface area contributed by atoms with Crippen molar-refractivity contribution >= 4 is 0 Å². The molecule has 0 N–H and O–H groups in total. The van der Waals surface area contributed by atoms with E-state index in [2.05, 4.69) is 15.2 Å². The number of hydrogen-bond acceptors (Lipinski definition) is 4. The summed E-state index contributed by atoms with van der Waals surface area (Å²) in [5.74, 6) is 0.672. The molecule has 2 aromatic rings. The second-order valence-corrected chi connectivity index (χ2v) is 3.45. The molecule has 0 aliphatic rings. The Kier molecular flexibility index (Phi) is 3.27. The van der Waals surface area contributed by atoms with E-state index in [1.54, 1.807) is 19.1 Å². The molecule has 1 heterocycles. The number of aryl methyl sites for hydroxylation is 1. The molecular formula is C12H12FN3O. The second-order valence-electron chi connectivity index (χ2n) is 3.45. The summed E-state index contributed by atoms with van der Waals surface area (Å²) in [6.07, 6.45) is 0. The summed E-state index contributed by atoms with van der Waals surface area (Å²) in [6, 6.07) is 5.98. The molecular weight excluding hydrogens is 221 g/mol. The largest absolute Gasteiger partial charge is 0.476 e. The Labute approximate surface area is 98.5 Å². The number of aromatic nitrogens is 3. The summed E-state index contributed by atoms with van der Waals surface area (Å²) >= 11 is 0. The molecule has 88 valence electrons. The van der Waals surface area contributed by atoms with Crippen LogP contribution in [0.2, 0.25) is 0 Å².